The topological polar surface area (TPSA) is 12.0 Å². The van der Waals surface area contributed by atoms with Gasteiger partial charge in [-0.25, -0.2) is 0 Å². The highest BCUT2D eigenvalue weighted by Crippen LogP contribution is 2.37. The van der Waals surface area contributed by atoms with Gasteiger partial charge in [0.15, 0.2) is 0 Å². The van der Waals surface area contributed by atoms with Gasteiger partial charge in [0.1, 0.15) is 0 Å². The van der Waals surface area contributed by atoms with E-state index in [1.54, 1.807) is 11.3 Å². The molecule has 0 bridgehead atoms. The molecule has 1 aromatic heterocycles. The van der Waals surface area contributed by atoms with Gasteiger partial charge in [0, 0.05) is 9.35 Å². The predicted octanol–water partition coefficient (Wildman–Crippen LogP) is 5.87. The second-order valence-corrected chi connectivity index (χ2v) is 7.45. The number of thiophene rings is 1. The summed E-state index contributed by atoms with van der Waals surface area (Å²) < 4.78 is 2.06. The second-order valence-electron chi connectivity index (χ2n) is 4.97. The van der Waals surface area contributed by atoms with E-state index in [2.05, 4.69) is 66.3 Å². The molecule has 1 nitrogen and oxygen atoms in total. The second kappa shape index (κ2) is 7.08. The van der Waals surface area contributed by atoms with Crippen molar-refractivity contribution in [3.63, 3.8) is 0 Å². The van der Waals surface area contributed by atoms with Crippen LogP contribution in [0.1, 0.15) is 41.0 Å². The number of hydrogen-bond donors (Lipinski definition) is 1. The number of rotatable bonds is 5. The first-order valence-corrected chi connectivity index (χ1v) is 8.77. The number of nitrogens with one attached hydrogen (secondary N) is 1. The van der Waals surface area contributed by atoms with E-state index in [-0.39, 0.29) is 6.04 Å². The molecule has 0 spiro atoms. The first kappa shape index (κ1) is 16.0. The van der Waals surface area contributed by atoms with Crippen molar-refractivity contribution < 1.29 is 0 Å². The Morgan fingerprint density at radius 1 is 1.30 bits per heavy atom. The van der Waals surface area contributed by atoms with E-state index < -0.39 is 0 Å². The molecular weight excluding hydrogens is 354 g/mol. The molecule has 2 aromatic rings. The Bertz CT molecular complexity index is 575. The minimum absolute atomic E-state index is 0.195. The van der Waals surface area contributed by atoms with Gasteiger partial charge in [-0.3, -0.25) is 0 Å². The van der Waals surface area contributed by atoms with Crippen LogP contribution in [0.2, 0.25) is 4.34 Å². The zero-order valence-electron chi connectivity index (χ0n) is 12.0. The van der Waals surface area contributed by atoms with Gasteiger partial charge in [0.05, 0.1) is 10.4 Å². The van der Waals surface area contributed by atoms with Crippen molar-refractivity contribution in [2.75, 3.05) is 6.54 Å². The van der Waals surface area contributed by atoms with E-state index in [1.165, 1.54) is 20.5 Å². The molecule has 2 rings (SSSR count). The molecule has 0 aliphatic rings. The lowest BCUT2D eigenvalue weighted by atomic mass is 10.0. The molecule has 1 heterocycles. The van der Waals surface area contributed by atoms with Crippen molar-refractivity contribution in [1.29, 1.82) is 0 Å². The van der Waals surface area contributed by atoms with Crippen LogP contribution in [0, 0.1) is 13.8 Å². The molecule has 0 saturated carbocycles. The minimum Gasteiger partial charge on any atom is -0.306 e. The summed E-state index contributed by atoms with van der Waals surface area (Å²) in [5, 5.41) is 3.63. The third-order valence-corrected chi connectivity index (χ3v) is 6.00. The SMILES string of the molecule is CCCNC(c1cc(C)c(Cl)s1)c1cccc(C)c1Br. The van der Waals surface area contributed by atoms with Gasteiger partial charge in [0.25, 0.3) is 0 Å². The number of hydrogen-bond acceptors (Lipinski definition) is 2. The Labute approximate surface area is 138 Å². The number of halogens is 2. The van der Waals surface area contributed by atoms with Gasteiger partial charge >= 0.3 is 0 Å². The summed E-state index contributed by atoms with van der Waals surface area (Å²) in [6.45, 7) is 7.35. The number of benzene rings is 1. The van der Waals surface area contributed by atoms with Gasteiger partial charge in [-0.05, 0) is 49.6 Å². The van der Waals surface area contributed by atoms with Crippen molar-refractivity contribution in [2.24, 2.45) is 0 Å². The molecule has 1 atom stereocenters. The maximum Gasteiger partial charge on any atom is 0.0961 e. The zero-order chi connectivity index (χ0) is 14.7. The Hall–Kier alpha value is -0.350. The molecule has 108 valence electrons. The smallest absolute Gasteiger partial charge is 0.0961 e. The van der Waals surface area contributed by atoms with E-state index in [1.807, 2.05) is 0 Å². The normalized spacial score (nSPS) is 12.7. The van der Waals surface area contributed by atoms with Crippen molar-refractivity contribution in [1.82, 2.24) is 5.32 Å². The highest BCUT2D eigenvalue weighted by Gasteiger charge is 2.19. The Kier molecular flexibility index (Phi) is 5.67. The largest absolute Gasteiger partial charge is 0.306 e. The molecule has 20 heavy (non-hydrogen) atoms. The van der Waals surface area contributed by atoms with Crippen molar-refractivity contribution in [3.05, 3.63) is 54.6 Å². The summed E-state index contributed by atoms with van der Waals surface area (Å²) in [6, 6.07) is 8.79. The lowest BCUT2D eigenvalue weighted by Crippen LogP contribution is -2.22. The molecule has 1 N–H and O–H groups in total. The van der Waals surface area contributed by atoms with E-state index >= 15 is 0 Å². The van der Waals surface area contributed by atoms with Crippen LogP contribution in [0.4, 0.5) is 0 Å². The van der Waals surface area contributed by atoms with Crippen molar-refractivity contribution >= 4 is 38.9 Å². The fourth-order valence-electron chi connectivity index (χ4n) is 2.17. The maximum atomic E-state index is 6.25. The molecule has 4 heteroatoms. The maximum absolute atomic E-state index is 6.25. The molecule has 0 aliphatic carbocycles. The highest BCUT2D eigenvalue weighted by molar-refractivity contribution is 9.10. The highest BCUT2D eigenvalue weighted by atomic mass is 79.9. The van der Waals surface area contributed by atoms with Crippen molar-refractivity contribution in [2.45, 2.75) is 33.2 Å². The first-order valence-electron chi connectivity index (χ1n) is 6.78. The molecule has 1 aromatic carbocycles. The zero-order valence-corrected chi connectivity index (χ0v) is 15.1. The quantitative estimate of drug-likeness (QED) is 0.692. The fourth-order valence-corrected chi connectivity index (χ4v) is 3.98. The van der Waals surface area contributed by atoms with Gasteiger partial charge in [0.2, 0.25) is 0 Å². The van der Waals surface area contributed by atoms with Crippen LogP contribution in [0.25, 0.3) is 0 Å². The molecule has 1 unspecified atom stereocenters. The van der Waals surface area contributed by atoms with Crippen LogP contribution in [-0.4, -0.2) is 6.54 Å². The molecule has 0 fully saturated rings. The predicted molar refractivity (Wildman–Crippen MR) is 93.1 cm³/mol. The summed E-state index contributed by atoms with van der Waals surface area (Å²) in [4.78, 5) is 1.27. The van der Waals surface area contributed by atoms with E-state index in [9.17, 15) is 0 Å². The molecule has 0 saturated heterocycles. The Morgan fingerprint density at radius 3 is 2.65 bits per heavy atom. The molecular formula is C16H19BrClNS. The van der Waals surface area contributed by atoms with E-state index in [4.69, 9.17) is 11.6 Å². The average molecular weight is 373 g/mol. The van der Waals surface area contributed by atoms with Crippen LogP contribution in [0.3, 0.4) is 0 Å². The van der Waals surface area contributed by atoms with Gasteiger partial charge in [-0.15, -0.1) is 11.3 Å². The fraction of sp³-hybridized carbons (Fsp3) is 0.375. The van der Waals surface area contributed by atoms with E-state index in [0.717, 1.165) is 22.9 Å². The minimum atomic E-state index is 0.195. The Morgan fingerprint density at radius 2 is 2.05 bits per heavy atom. The summed E-state index contributed by atoms with van der Waals surface area (Å²) in [7, 11) is 0. The summed E-state index contributed by atoms with van der Waals surface area (Å²) in [5.74, 6) is 0. The van der Waals surface area contributed by atoms with Crippen molar-refractivity contribution in [3.8, 4) is 0 Å². The lowest BCUT2D eigenvalue weighted by molar-refractivity contribution is 0.603. The summed E-state index contributed by atoms with van der Waals surface area (Å²) >= 11 is 11.6. The molecule has 0 aliphatic heterocycles. The van der Waals surface area contributed by atoms with Gasteiger partial charge in [-0.2, -0.15) is 0 Å². The van der Waals surface area contributed by atoms with E-state index in [0.29, 0.717) is 0 Å². The van der Waals surface area contributed by atoms with Crippen LogP contribution >= 0.6 is 38.9 Å². The van der Waals surface area contributed by atoms with Gasteiger partial charge in [-0.1, -0.05) is 52.7 Å². The standard InChI is InChI=1S/C16H19BrClNS/c1-4-8-19-15(13-9-11(3)16(18)20-13)12-7-5-6-10(2)14(12)17/h5-7,9,15,19H,4,8H2,1-3H3. The summed E-state index contributed by atoms with van der Waals surface area (Å²) in [5.41, 5.74) is 3.68. The lowest BCUT2D eigenvalue weighted by Gasteiger charge is -2.20. The summed E-state index contributed by atoms with van der Waals surface area (Å²) in [6.07, 6.45) is 1.11. The number of aryl methyl sites for hydroxylation is 2. The van der Waals surface area contributed by atoms with Crippen LogP contribution < -0.4 is 5.32 Å². The third-order valence-electron chi connectivity index (χ3n) is 3.29. The molecule has 0 radical (unpaired) electrons. The van der Waals surface area contributed by atoms with Gasteiger partial charge < -0.3 is 5.32 Å². The molecule has 0 amide bonds. The average Bonchev–Trinajstić information content (AvgIpc) is 2.74. The van der Waals surface area contributed by atoms with Crippen LogP contribution in [0.5, 0.6) is 0 Å². The third kappa shape index (κ3) is 3.45. The Balaban J connectivity index is 2.44. The monoisotopic (exact) mass is 371 g/mol. The van der Waals surface area contributed by atoms with Crippen LogP contribution in [0.15, 0.2) is 28.7 Å². The first-order chi connectivity index (χ1) is 9.54. The van der Waals surface area contributed by atoms with Crippen LogP contribution in [-0.2, 0) is 0 Å².